The molecule has 0 bridgehead atoms. The van der Waals surface area contributed by atoms with Crippen molar-refractivity contribution in [1.82, 2.24) is 20.3 Å². The van der Waals surface area contributed by atoms with Gasteiger partial charge in [-0.25, -0.2) is 4.68 Å². The van der Waals surface area contributed by atoms with Gasteiger partial charge in [-0.1, -0.05) is 5.21 Å². The summed E-state index contributed by atoms with van der Waals surface area (Å²) in [5, 5.41) is 9.65. The smallest absolute Gasteiger partial charge is 0.281 e. The number of hydrogen-bond donors (Lipinski definition) is 2. The van der Waals surface area contributed by atoms with Gasteiger partial charge in [0.05, 0.1) is 0 Å². The molecule has 0 radical (unpaired) electrons. The number of aryl methyl sites for hydroxylation is 1. The number of halogens is 1. The number of rotatable bonds is 4. The van der Waals surface area contributed by atoms with Gasteiger partial charge in [0.25, 0.3) is 15.9 Å². The topological polar surface area (TPSA) is 106 Å². The normalized spacial score (nSPS) is 11.2. The molecule has 0 fully saturated rings. The van der Waals surface area contributed by atoms with E-state index >= 15 is 0 Å². The van der Waals surface area contributed by atoms with Crippen molar-refractivity contribution >= 4 is 37.5 Å². The average molecular weight is 374 g/mol. The zero-order valence-electron chi connectivity index (χ0n) is 11.2. The number of benzene rings is 1. The van der Waals surface area contributed by atoms with Crippen LogP contribution in [0.25, 0.3) is 0 Å². The van der Waals surface area contributed by atoms with Crippen molar-refractivity contribution in [3.8, 4) is 0 Å². The van der Waals surface area contributed by atoms with Crippen molar-refractivity contribution in [2.45, 2.75) is 5.03 Å². The summed E-state index contributed by atoms with van der Waals surface area (Å²) in [6.07, 6.45) is 0. The van der Waals surface area contributed by atoms with Gasteiger partial charge in [-0.15, -0.1) is 5.10 Å². The van der Waals surface area contributed by atoms with Gasteiger partial charge in [0.2, 0.25) is 5.03 Å². The Balaban J connectivity index is 2.27. The maximum Gasteiger partial charge on any atom is 0.281 e. The summed E-state index contributed by atoms with van der Waals surface area (Å²) in [4.78, 5) is 11.4. The van der Waals surface area contributed by atoms with Crippen molar-refractivity contribution in [1.29, 1.82) is 0 Å². The largest absolute Gasteiger partial charge is 0.355 e. The third kappa shape index (κ3) is 3.22. The second-order valence-corrected chi connectivity index (χ2v) is 6.42. The SMILES string of the molecule is CNC(=O)c1ccc(NS(=O)(=O)c2c(Br)nnn2C)cc1. The van der Waals surface area contributed by atoms with Crippen LogP contribution in [-0.4, -0.2) is 36.4 Å². The van der Waals surface area contributed by atoms with Crippen LogP contribution in [0.5, 0.6) is 0 Å². The van der Waals surface area contributed by atoms with Crippen molar-refractivity contribution in [2.75, 3.05) is 11.8 Å². The van der Waals surface area contributed by atoms with Gasteiger partial charge >= 0.3 is 0 Å². The number of carbonyl (C=O) groups excluding carboxylic acids is 1. The molecule has 0 saturated carbocycles. The maximum absolute atomic E-state index is 12.3. The van der Waals surface area contributed by atoms with Crippen LogP contribution < -0.4 is 10.0 Å². The first-order valence-corrected chi connectivity index (χ1v) is 8.03. The number of hydrogen-bond acceptors (Lipinski definition) is 5. The van der Waals surface area contributed by atoms with Crippen LogP contribution in [-0.2, 0) is 17.1 Å². The summed E-state index contributed by atoms with van der Waals surface area (Å²) in [7, 11) is -0.837. The van der Waals surface area contributed by atoms with E-state index in [1.807, 2.05) is 0 Å². The Labute approximate surface area is 129 Å². The van der Waals surface area contributed by atoms with Crippen molar-refractivity contribution in [3.63, 3.8) is 0 Å². The number of nitrogens with one attached hydrogen (secondary N) is 2. The fraction of sp³-hybridized carbons (Fsp3) is 0.182. The van der Waals surface area contributed by atoms with E-state index < -0.39 is 10.0 Å². The molecule has 2 rings (SSSR count). The fourth-order valence-electron chi connectivity index (χ4n) is 1.65. The molecule has 2 N–H and O–H groups in total. The van der Waals surface area contributed by atoms with Gasteiger partial charge < -0.3 is 5.32 Å². The molecule has 0 spiro atoms. The molecule has 10 heteroatoms. The molecule has 1 amide bonds. The molecule has 1 aromatic carbocycles. The molecule has 8 nitrogen and oxygen atoms in total. The lowest BCUT2D eigenvalue weighted by Crippen LogP contribution is -2.19. The number of amides is 1. The molecule has 0 unspecified atom stereocenters. The first kappa shape index (κ1) is 15.4. The van der Waals surface area contributed by atoms with E-state index in [1.165, 1.54) is 38.4 Å². The van der Waals surface area contributed by atoms with Crippen molar-refractivity contribution < 1.29 is 13.2 Å². The van der Waals surface area contributed by atoms with Gasteiger partial charge in [-0.2, -0.15) is 8.42 Å². The predicted octanol–water partition coefficient (Wildman–Crippen LogP) is 0.738. The van der Waals surface area contributed by atoms with Crippen molar-refractivity contribution in [3.05, 3.63) is 34.4 Å². The Kier molecular flexibility index (Phi) is 4.28. The molecule has 0 aliphatic rings. The Morgan fingerprint density at radius 1 is 1.29 bits per heavy atom. The Bertz CT molecular complexity index is 750. The minimum atomic E-state index is -3.83. The number of nitrogens with zero attached hydrogens (tertiary/aromatic N) is 3. The molecule has 2 aromatic rings. The van der Waals surface area contributed by atoms with E-state index in [4.69, 9.17) is 0 Å². The first-order chi connectivity index (χ1) is 9.85. The lowest BCUT2D eigenvalue weighted by molar-refractivity contribution is 0.0963. The summed E-state index contributed by atoms with van der Waals surface area (Å²) in [5.41, 5.74) is 0.764. The van der Waals surface area contributed by atoms with Crippen molar-refractivity contribution in [2.24, 2.45) is 7.05 Å². The van der Waals surface area contributed by atoms with E-state index in [9.17, 15) is 13.2 Å². The summed E-state index contributed by atoms with van der Waals surface area (Å²) < 4.78 is 28.2. The zero-order chi connectivity index (χ0) is 15.6. The molecule has 21 heavy (non-hydrogen) atoms. The number of sulfonamides is 1. The van der Waals surface area contributed by atoms with E-state index in [-0.39, 0.29) is 15.5 Å². The second-order valence-electron chi connectivity index (χ2n) is 4.07. The highest BCUT2D eigenvalue weighted by Gasteiger charge is 2.23. The molecule has 1 aromatic heterocycles. The van der Waals surface area contributed by atoms with E-state index in [0.717, 1.165) is 4.68 Å². The molecular formula is C11H12BrN5O3S. The van der Waals surface area contributed by atoms with Crippen LogP contribution in [0.15, 0.2) is 33.9 Å². The number of carbonyl (C=O) groups is 1. The Morgan fingerprint density at radius 3 is 2.38 bits per heavy atom. The number of anilines is 1. The highest BCUT2D eigenvalue weighted by atomic mass is 79.9. The van der Waals surface area contributed by atoms with Gasteiger partial charge in [-0.3, -0.25) is 9.52 Å². The minimum absolute atomic E-state index is 0.0853. The quantitative estimate of drug-likeness (QED) is 0.821. The van der Waals surface area contributed by atoms with Crippen LogP contribution in [0.4, 0.5) is 5.69 Å². The standard InChI is InChI=1S/C11H12BrN5O3S/c1-13-10(18)7-3-5-8(6-4-7)15-21(19,20)11-9(12)14-16-17(11)2/h3-6,15H,1-2H3,(H,13,18). The summed E-state index contributed by atoms with van der Waals surface area (Å²) in [6, 6.07) is 6.04. The van der Waals surface area contributed by atoms with Gasteiger partial charge in [-0.05, 0) is 40.2 Å². The molecule has 0 aliphatic carbocycles. The zero-order valence-corrected chi connectivity index (χ0v) is 13.6. The summed E-state index contributed by atoms with van der Waals surface area (Å²) >= 11 is 3.04. The third-order valence-electron chi connectivity index (χ3n) is 2.62. The molecule has 112 valence electrons. The van der Waals surface area contributed by atoms with Crippen LogP contribution in [0, 0.1) is 0 Å². The molecule has 0 saturated heterocycles. The van der Waals surface area contributed by atoms with Gasteiger partial charge in [0, 0.05) is 25.3 Å². The Morgan fingerprint density at radius 2 is 1.90 bits per heavy atom. The van der Waals surface area contributed by atoms with Crippen LogP contribution in [0.1, 0.15) is 10.4 Å². The lowest BCUT2D eigenvalue weighted by Gasteiger charge is -2.08. The third-order valence-corrected chi connectivity index (χ3v) is 4.89. The first-order valence-electron chi connectivity index (χ1n) is 5.75. The van der Waals surface area contributed by atoms with E-state index in [2.05, 4.69) is 36.3 Å². The van der Waals surface area contributed by atoms with Crippen LogP contribution in [0.3, 0.4) is 0 Å². The molecule has 0 atom stereocenters. The predicted molar refractivity (Wildman–Crippen MR) is 79.3 cm³/mol. The second kappa shape index (κ2) is 5.82. The molecule has 0 aliphatic heterocycles. The number of aromatic nitrogens is 3. The fourth-order valence-corrected chi connectivity index (χ4v) is 3.80. The van der Waals surface area contributed by atoms with Gasteiger partial charge in [0.15, 0.2) is 4.60 Å². The average Bonchev–Trinajstić information content (AvgIpc) is 2.78. The van der Waals surface area contributed by atoms with Gasteiger partial charge in [0.1, 0.15) is 0 Å². The minimum Gasteiger partial charge on any atom is -0.355 e. The summed E-state index contributed by atoms with van der Waals surface area (Å²) in [5.74, 6) is -0.247. The monoisotopic (exact) mass is 373 g/mol. The van der Waals surface area contributed by atoms with E-state index in [1.54, 1.807) is 0 Å². The highest BCUT2D eigenvalue weighted by molar-refractivity contribution is 9.10. The van der Waals surface area contributed by atoms with Crippen LogP contribution >= 0.6 is 15.9 Å². The Hall–Kier alpha value is -1.94. The van der Waals surface area contributed by atoms with E-state index in [0.29, 0.717) is 11.3 Å². The highest BCUT2D eigenvalue weighted by Crippen LogP contribution is 2.21. The maximum atomic E-state index is 12.3. The molecular weight excluding hydrogens is 362 g/mol. The van der Waals surface area contributed by atoms with Crippen LogP contribution in [0.2, 0.25) is 0 Å². The summed E-state index contributed by atoms with van der Waals surface area (Å²) in [6.45, 7) is 0. The lowest BCUT2D eigenvalue weighted by atomic mass is 10.2. The molecule has 1 heterocycles.